The molecule has 0 aromatic heterocycles. The summed E-state index contributed by atoms with van der Waals surface area (Å²) < 4.78 is 25.7. The monoisotopic (exact) mass is 692 g/mol. The van der Waals surface area contributed by atoms with Crippen LogP contribution in [0.5, 0.6) is 17.2 Å². The normalized spacial score (nSPS) is 27.9. The first-order chi connectivity index (χ1) is 22.8. The molecule has 48 heavy (non-hydrogen) atoms. The highest BCUT2D eigenvalue weighted by molar-refractivity contribution is 6.32. The van der Waals surface area contributed by atoms with Crippen molar-refractivity contribution in [2.75, 3.05) is 24.0 Å². The number of imide groups is 2. The molecule has 9 nitrogen and oxygen atoms in total. The summed E-state index contributed by atoms with van der Waals surface area (Å²) in [5, 5.41) is 10.7. The number of methoxy groups -OCH3 is 2. The maximum absolute atomic E-state index is 14.7. The number of phenols is 1. The van der Waals surface area contributed by atoms with Crippen LogP contribution in [0.3, 0.4) is 0 Å². The number of aryl methyl sites for hydroxylation is 1. The van der Waals surface area contributed by atoms with Gasteiger partial charge in [0, 0.05) is 28.6 Å². The van der Waals surface area contributed by atoms with Gasteiger partial charge in [-0.05, 0) is 68.5 Å². The number of phenolic OH excluding ortho intramolecular Hbond substituents is 1. The number of allylic oxidation sites excluding steroid dienone is 2. The molecule has 7 rings (SSSR count). The van der Waals surface area contributed by atoms with Crippen LogP contribution < -0.4 is 19.3 Å². The smallest absolute Gasteiger partial charge is 0.241 e. The number of rotatable bonds is 5. The van der Waals surface area contributed by atoms with Crippen molar-refractivity contribution in [1.82, 2.24) is 0 Å². The molecule has 248 valence electrons. The summed E-state index contributed by atoms with van der Waals surface area (Å²) in [6.07, 6.45) is 2.21. The predicted octanol–water partition coefficient (Wildman–Crippen LogP) is 6.60. The lowest BCUT2D eigenvalue weighted by Gasteiger charge is -2.49. The van der Waals surface area contributed by atoms with Crippen LogP contribution in [0.4, 0.5) is 15.8 Å². The Bertz CT molecular complexity index is 1960. The van der Waals surface area contributed by atoms with E-state index in [9.17, 15) is 28.7 Å². The zero-order valence-corrected chi connectivity index (χ0v) is 27.9. The SMILES string of the molecule is COc1cc(O)cc(OC)c1[C@H]1C2=CC[C@@H]3C(=O)N(c4ccc(C)c(Cl)c4)C(=O)[C@@H]3[C@@H]2C[C@H]2C(=O)N(c3ccc(F)c(Cl)c3)C(=O)[C@@]12C. The lowest BCUT2D eigenvalue weighted by atomic mass is 9.51. The molecule has 1 N–H and O–H groups in total. The number of carbonyl (C=O) groups is 4. The Morgan fingerprint density at radius 3 is 2.10 bits per heavy atom. The fourth-order valence-corrected chi connectivity index (χ4v) is 8.73. The molecule has 2 heterocycles. The van der Waals surface area contributed by atoms with Crippen molar-refractivity contribution in [3.05, 3.63) is 87.2 Å². The number of anilines is 2. The second kappa shape index (κ2) is 11.3. The van der Waals surface area contributed by atoms with E-state index in [-0.39, 0.29) is 46.7 Å². The molecule has 12 heteroatoms. The number of carbonyl (C=O) groups excluding carboxylic acids is 4. The third-order valence-electron chi connectivity index (χ3n) is 10.7. The van der Waals surface area contributed by atoms with Crippen molar-refractivity contribution in [1.29, 1.82) is 0 Å². The second-order valence-corrected chi connectivity index (χ2v) is 13.8. The summed E-state index contributed by atoms with van der Waals surface area (Å²) in [6.45, 7) is 3.52. The summed E-state index contributed by atoms with van der Waals surface area (Å²) in [6, 6.07) is 11.5. The van der Waals surface area contributed by atoms with Gasteiger partial charge in [0.1, 0.15) is 23.1 Å². The van der Waals surface area contributed by atoms with Gasteiger partial charge in [0.25, 0.3) is 0 Å². The molecular weight excluding hydrogens is 662 g/mol. The number of nitrogens with zero attached hydrogens (tertiary/aromatic N) is 2. The molecule has 2 aliphatic carbocycles. The molecule has 0 radical (unpaired) electrons. The molecule has 4 amide bonds. The Labute approximate surface area is 285 Å². The van der Waals surface area contributed by atoms with E-state index in [4.69, 9.17) is 32.7 Å². The molecule has 2 saturated heterocycles. The Morgan fingerprint density at radius 2 is 1.48 bits per heavy atom. The van der Waals surface area contributed by atoms with Crippen molar-refractivity contribution in [3.63, 3.8) is 0 Å². The summed E-state index contributed by atoms with van der Waals surface area (Å²) in [7, 11) is 2.84. The molecule has 4 aliphatic rings. The standard InChI is InChI=1S/C36H31Cl2FN2O7/c1-16-5-6-17(11-24(16)37)40-32(43)21-9-8-20-22(29(21)34(40)45)15-23-33(44)41(18-7-10-26(39)25(38)12-18)35(46)36(23,2)31(20)30-27(47-3)13-19(42)14-28(30)48-4/h5-8,10-14,21-23,29,31,42H,9,15H2,1-4H3/t21-,22+,23-,29-,31+,36+/m0/s1. The van der Waals surface area contributed by atoms with Crippen LogP contribution in [0.15, 0.2) is 60.2 Å². The molecule has 6 atom stereocenters. The zero-order valence-electron chi connectivity index (χ0n) is 26.4. The van der Waals surface area contributed by atoms with E-state index in [1.165, 1.54) is 43.4 Å². The van der Waals surface area contributed by atoms with Crippen LogP contribution in [0, 0.1) is 41.8 Å². The van der Waals surface area contributed by atoms with Gasteiger partial charge in [-0.2, -0.15) is 0 Å². The average Bonchev–Trinajstić information content (AvgIpc) is 3.43. The first-order valence-corrected chi connectivity index (χ1v) is 16.2. The van der Waals surface area contributed by atoms with Gasteiger partial charge in [0.05, 0.1) is 53.8 Å². The number of aromatic hydroxyl groups is 1. The van der Waals surface area contributed by atoms with E-state index in [1.54, 1.807) is 25.1 Å². The van der Waals surface area contributed by atoms with Gasteiger partial charge in [-0.1, -0.05) is 40.9 Å². The number of ether oxygens (including phenoxy) is 2. The van der Waals surface area contributed by atoms with Crippen molar-refractivity contribution >= 4 is 58.2 Å². The highest BCUT2D eigenvalue weighted by atomic mass is 35.5. The van der Waals surface area contributed by atoms with Gasteiger partial charge in [0.15, 0.2) is 0 Å². The third kappa shape index (κ3) is 4.41. The van der Waals surface area contributed by atoms with Crippen molar-refractivity contribution in [2.45, 2.75) is 32.6 Å². The van der Waals surface area contributed by atoms with Crippen molar-refractivity contribution < 1.29 is 38.1 Å². The van der Waals surface area contributed by atoms with Gasteiger partial charge in [-0.15, -0.1) is 0 Å². The number of benzene rings is 3. The van der Waals surface area contributed by atoms with E-state index < -0.39 is 58.5 Å². The van der Waals surface area contributed by atoms with Crippen LogP contribution in [-0.4, -0.2) is 43.0 Å². The highest BCUT2D eigenvalue weighted by Crippen LogP contribution is 2.66. The minimum absolute atomic E-state index is 0.0974. The molecule has 0 unspecified atom stereocenters. The van der Waals surface area contributed by atoms with Gasteiger partial charge < -0.3 is 14.6 Å². The van der Waals surface area contributed by atoms with Crippen molar-refractivity contribution in [2.24, 2.45) is 29.1 Å². The molecule has 0 spiro atoms. The van der Waals surface area contributed by atoms with Crippen LogP contribution in [0.1, 0.15) is 36.8 Å². The number of hydrogen-bond donors (Lipinski definition) is 1. The minimum Gasteiger partial charge on any atom is -0.508 e. The molecule has 3 aromatic carbocycles. The van der Waals surface area contributed by atoms with E-state index in [0.29, 0.717) is 21.8 Å². The Hall–Kier alpha value is -4.41. The fourth-order valence-electron chi connectivity index (χ4n) is 8.38. The summed E-state index contributed by atoms with van der Waals surface area (Å²) in [5.74, 6) is -6.24. The first kappa shape index (κ1) is 32.2. The van der Waals surface area contributed by atoms with E-state index in [0.717, 1.165) is 16.5 Å². The molecule has 3 fully saturated rings. The number of amides is 4. The van der Waals surface area contributed by atoms with E-state index in [2.05, 4.69) is 0 Å². The molecular formula is C36H31Cl2FN2O7. The Morgan fingerprint density at radius 1 is 0.854 bits per heavy atom. The number of halogens is 3. The van der Waals surface area contributed by atoms with Gasteiger partial charge in [-0.3, -0.25) is 19.2 Å². The minimum atomic E-state index is -1.44. The van der Waals surface area contributed by atoms with Crippen LogP contribution >= 0.6 is 23.2 Å². The summed E-state index contributed by atoms with van der Waals surface area (Å²) in [4.78, 5) is 59.6. The van der Waals surface area contributed by atoms with Gasteiger partial charge >= 0.3 is 0 Å². The van der Waals surface area contributed by atoms with E-state index in [1.807, 2.05) is 13.0 Å². The van der Waals surface area contributed by atoms with Crippen LogP contribution in [0.2, 0.25) is 10.0 Å². The first-order valence-electron chi connectivity index (χ1n) is 15.5. The maximum Gasteiger partial charge on any atom is 0.241 e. The Kier molecular flexibility index (Phi) is 7.60. The van der Waals surface area contributed by atoms with Crippen molar-refractivity contribution in [3.8, 4) is 17.2 Å². The second-order valence-electron chi connectivity index (χ2n) is 13.0. The number of hydrogen-bond acceptors (Lipinski definition) is 7. The average molecular weight is 694 g/mol. The maximum atomic E-state index is 14.7. The molecule has 1 saturated carbocycles. The molecule has 3 aromatic rings. The lowest BCUT2D eigenvalue weighted by Crippen LogP contribution is -2.49. The van der Waals surface area contributed by atoms with E-state index >= 15 is 0 Å². The largest absolute Gasteiger partial charge is 0.508 e. The predicted molar refractivity (Wildman–Crippen MR) is 176 cm³/mol. The van der Waals surface area contributed by atoms with Gasteiger partial charge in [0.2, 0.25) is 23.6 Å². The van der Waals surface area contributed by atoms with Gasteiger partial charge in [-0.25, -0.2) is 14.2 Å². The molecule has 0 bridgehead atoms. The van der Waals surface area contributed by atoms with Crippen LogP contribution in [-0.2, 0) is 19.2 Å². The molecule has 2 aliphatic heterocycles. The topological polar surface area (TPSA) is 113 Å². The summed E-state index contributed by atoms with van der Waals surface area (Å²) in [5.41, 5.74) is 0.937. The number of fused-ring (bicyclic) bond motifs is 4. The zero-order chi connectivity index (χ0) is 34.4. The quantitative estimate of drug-likeness (QED) is 0.237. The third-order valence-corrected chi connectivity index (χ3v) is 11.4. The Balaban J connectivity index is 1.42. The summed E-state index contributed by atoms with van der Waals surface area (Å²) >= 11 is 12.5. The van der Waals surface area contributed by atoms with Crippen LogP contribution in [0.25, 0.3) is 0 Å². The lowest BCUT2D eigenvalue weighted by molar-refractivity contribution is -0.131. The highest BCUT2D eigenvalue weighted by Gasteiger charge is 2.68. The fraction of sp³-hybridized carbons (Fsp3) is 0.333.